The Hall–Kier alpha value is -0.360. The summed E-state index contributed by atoms with van der Waals surface area (Å²) in [5.74, 6) is 0. The molecular weight excluding hydrogens is 576 g/mol. The van der Waals surface area contributed by atoms with Gasteiger partial charge in [0.15, 0.2) is 0 Å². The van der Waals surface area contributed by atoms with E-state index in [1.54, 1.807) is 0 Å². The lowest BCUT2D eigenvalue weighted by Gasteiger charge is -2.07. The molecule has 1 saturated heterocycles. The minimum atomic E-state index is 0.820. The second kappa shape index (κ2) is 39.8. The van der Waals surface area contributed by atoms with Crippen molar-refractivity contribution in [2.45, 2.75) is 116 Å². The van der Waals surface area contributed by atoms with Crippen LogP contribution in [0.3, 0.4) is 0 Å². The average molecular weight is 649 g/mol. The van der Waals surface area contributed by atoms with Crippen LogP contribution in [0.15, 0.2) is 0 Å². The second-order valence-corrected chi connectivity index (χ2v) is 11.9. The van der Waals surface area contributed by atoms with Crippen molar-refractivity contribution in [3.05, 3.63) is 0 Å². The zero-order valence-electron chi connectivity index (χ0n) is 29.1. The highest BCUT2D eigenvalue weighted by atomic mass is 16.5. The Morgan fingerprint density at radius 2 is 0.178 bits per heavy atom. The average Bonchev–Trinajstić information content (AvgIpc) is 3.05. The lowest BCUT2D eigenvalue weighted by molar-refractivity contribution is 0.0779. The van der Waals surface area contributed by atoms with Gasteiger partial charge < -0.3 is 42.6 Å². The van der Waals surface area contributed by atoms with Crippen molar-refractivity contribution in [3.63, 3.8) is 0 Å². The van der Waals surface area contributed by atoms with E-state index in [2.05, 4.69) is 0 Å². The third-order valence-electron chi connectivity index (χ3n) is 7.45. The molecule has 1 aliphatic rings. The number of rotatable bonds is 0. The summed E-state index contributed by atoms with van der Waals surface area (Å²) in [5, 5.41) is 0. The number of hydrogen-bond donors (Lipinski definition) is 0. The van der Waals surface area contributed by atoms with Gasteiger partial charge in [-0.2, -0.15) is 0 Å². The first-order chi connectivity index (χ1) is 22.5. The van der Waals surface area contributed by atoms with E-state index in [4.69, 9.17) is 42.6 Å². The van der Waals surface area contributed by atoms with Crippen molar-refractivity contribution in [1.29, 1.82) is 0 Å². The Kier molecular flexibility index (Phi) is 37.7. The highest BCUT2D eigenvalue weighted by molar-refractivity contribution is 4.47. The third-order valence-corrected chi connectivity index (χ3v) is 7.45. The fraction of sp³-hybridized carbons (Fsp3) is 1.00. The first-order valence-electron chi connectivity index (χ1n) is 18.7. The highest BCUT2D eigenvalue weighted by Gasteiger charge is 1.98. The quantitative estimate of drug-likeness (QED) is 0.271. The normalized spacial score (nSPS) is 24.0. The molecule has 0 radical (unpaired) electrons. The molecule has 0 saturated carbocycles. The molecule has 0 bridgehead atoms. The van der Waals surface area contributed by atoms with Crippen molar-refractivity contribution >= 4 is 0 Å². The fourth-order valence-electron chi connectivity index (χ4n) is 4.59. The van der Waals surface area contributed by atoms with Crippen LogP contribution in [0.2, 0.25) is 0 Å². The Bertz CT molecular complexity index is 280. The van der Waals surface area contributed by atoms with E-state index in [0.717, 1.165) is 234 Å². The second-order valence-electron chi connectivity index (χ2n) is 11.9. The minimum absolute atomic E-state index is 0.820. The van der Waals surface area contributed by atoms with Gasteiger partial charge in [0.2, 0.25) is 0 Å². The first-order valence-corrected chi connectivity index (χ1v) is 18.7. The lowest BCUT2D eigenvalue weighted by atomic mass is 10.3. The van der Waals surface area contributed by atoms with Crippen molar-refractivity contribution in [2.24, 2.45) is 0 Å². The Balaban J connectivity index is 2.00. The van der Waals surface area contributed by atoms with Crippen LogP contribution < -0.4 is 0 Å². The van der Waals surface area contributed by atoms with E-state index in [-0.39, 0.29) is 0 Å². The monoisotopic (exact) mass is 649 g/mol. The molecule has 45 heavy (non-hydrogen) atoms. The van der Waals surface area contributed by atoms with Crippen LogP contribution in [0.1, 0.15) is 116 Å². The van der Waals surface area contributed by atoms with E-state index in [9.17, 15) is 0 Å². The molecule has 0 aromatic rings. The minimum Gasteiger partial charge on any atom is -0.381 e. The van der Waals surface area contributed by atoms with Gasteiger partial charge in [0, 0.05) is 119 Å². The molecule has 270 valence electrons. The molecule has 1 aliphatic heterocycles. The molecule has 1 fully saturated rings. The summed E-state index contributed by atoms with van der Waals surface area (Å²) >= 11 is 0. The van der Waals surface area contributed by atoms with Gasteiger partial charge in [-0.25, -0.2) is 0 Å². The highest BCUT2D eigenvalue weighted by Crippen LogP contribution is 2.02. The van der Waals surface area contributed by atoms with Gasteiger partial charge >= 0.3 is 0 Å². The van der Waals surface area contributed by atoms with Crippen LogP contribution in [0.5, 0.6) is 0 Å². The largest absolute Gasteiger partial charge is 0.381 e. The smallest absolute Gasteiger partial charge is 0.0466 e. The number of hydrogen-bond acceptors (Lipinski definition) is 9. The van der Waals surface area contributed by atoms with Gasteiger partial charge in [0.05, 0.1) is 0 Å². The summed E-state index contributed by atoms with van der Waals surface area (Å²) in [6.07, 6.45) is 19.1. The summed E-state index contributed by atoms with van der Waals surface area (Å²) < 4.78 is 51.7. The third kappa shape index (κ3) is 38.0. The molecule has 0 atom stereocenters. The molecular formula is C36H72O9. The maximum Gasteiger partial charge on any atom is 0.0466 e. The molecule has 0 N–H and O–H groups in total. The Labute approximate surface area is 277 Å². The molecule has 9 heteroatoms. The standard InChI is InChI=1S/C36H72O9/c1-2-20-38-22-5-6-24-40-26-9-10-28-42-30-13-14-32-44-34-17-18-36-45-35-16-15-33-43-31-12-11-29-41-27-8-7-25-39-23-4-3-21-37-19-1/h1-36H2. The van der Waals surface area contributed by atoms with E-state index in [1.807, 2.05) is 0 Å². The van der Waals surface area contributed by atoms with Crippen LogP contribution >= 0.6 is 0 Å². The lowest BCUT2D eigenvalue weighted by Crippen LogP contribution is -2.04. The van der Waals surface area contributed by atoms with E-state index < -0.39 is 0 Å². The summed E-state index contributed by atoms with van der Waals surface area (Å²) in [5.41, 5.74) is 0. The molecule has 0 unspecified atom stereocenters. The maximum atomic E-state index is 5.74. The Morgan fingerprint density at radius 3 is 0.244 bits per heavy atom. The molecule has 1 heterocycles. The van der Waals surface area contributed by atoms with Gasteiger partial charge in [-0.3, -0.25) is 0 Å². The van der Waals surface area contributed by atoms with Crippen molar-refractivity contribution < 1.29 is 42.6 Å². The molecule has 0 aromatic carbocycles. The van der Waals surface area contributed by atoms with Crippen LogP contribution in [0.25, 0.3) is 0 Å². The van der Waals surface area contributed by atoms with Gasteiger partial charge in [-0.15, -0.1) is 0 Å². The Morgan fingerprint density at radius 1 is 0.111 bits per heavy atom. The predicted octanol–water partition coefficient (Wildman–Crippen LogP) is 7.17. The maximum absolute atomic E-state index is 5.74. The zero-order chi connectivity index (χ0) is 31.8. The van der Waals surface area contributed by atoms with E-state index >= 15 is 0 Å². The summed E-state index contributed by atoms with van der Waals surface area (Å²) in [6, 6.07) is 0. The van der Waals surface area contributed by atoms with Crippen molar-refractivity contribution in [2.75, 3.05) is 119 Å². The van der Waals surface area contributed by atoms with Gasteiger partial charge in [0.25, 0.3) is 0 Å². The first kappa shape index (κ1) is 42.7. The summed E-state index contributed by atoms with van der Waals surface area (Å²) in [4.78, 5) is 0. The number of ether oxygens (including phenoxy) is 9. The van der Waals surface area contributed by atoms with Crippen molar-refractivity contribution in [1.82, 2.24) is 0 Å². The topological polar surface area (TPSA) is 83.1 Å². The van der Waals surface area contributed by atoms with E-state index in [1.165, 1.54) is 0 Å². The predicted molar refractivity (Wildman–Crippen MR) is 180 cm³/mol. The molecule has 0 aliphatic carbocycles. The molecule has 0 spiro atoms. The fourth-order valence-corrected chi connectivity index (χ4v) is 4.59. The van der Waals surface area contributed by atoms with E-state index in [0.29, 0.717) is 0 Å². The SMILES string of the molecule is C1CCOCCCCOCCCCOCCCCOCCCCOCCCCOCCCCOCCCCOCCCCOC1. The van der Waals surface area contributed by atoms with Gasteiger partial charge in [-0.05, 0) is 116 Å². The summed E-state index contributed by atoms with van der Waals surface area (Å²) in [7, 11) is 0. The molecule has 9 nitrogen and oxygen atoms in total. The molecule has 1 rings (SSSR count). The van der Waals surface area contributed by atoms with Crippen LogP contribution in [-0.4, -0.2) is 119 Å². The zero-order valence-corrected chi connectivity index (χ0v) is 29.1. The summed E-state index contributed by atoms with van der Waals surface area (Å²) in [6.45, 7) is 14.8. The van der Waals surface area contributed by atoms with Gasteiger partial charge in [0.1, 0.15) is 0 Å². The molecule has 0 aromatic heterocycles. The van der Waals surface area contributed by atoms with Gasteiger partial charge in [-0.1, -0.05) is 0 Å². The van der Waals surface area contributed by atoms with Crippen LogP contribution in [-0.2, 0) is 42.6 Å². The molecule has 0 amide bonds. The van der Waals surface area contributed by atoms with Crippen LogP contribution in [0, 0.1) is 0 Å². The van der Waals surface area contributed by atoms with Crippen molar-refractivity contribution in [3.8, 4) is 0 Å². The van der Waals surface area contributed by atoms with Crippen LogP contribution in [0.4, 0.5) is 0 Å².